The molecule has 3 nitrogen and oxygen atoms in total. The summed E-state index contributed by atoms with van der Waals surface area (Å²) in [7, 11) is 0. The Morgan fingerprint density at radius 1 is 1.14 bits per heavy atom. The topological polar surface area (TPSA) is 38.7 Å². The highest BCUT2D eigenvalue weighted by molar-refractivity contribution is 4.95. The molecule has 14 heavy (non-hydrogen) atoms. The van der Waals surface area contributed by atoms with Gasteiger partial charge in [-0.3, -0.25) is 0 Å². The van der Waals surface area contributed by atoms with E-state index in [4.69, 9.17) is 9.47 Å². The Kier molecular flexibility index (Phi) is 2.08. The second kappa shape index (κ2) is 3.19. The smallest absolute Gasteiger partial charge is 0.169 e. The summed E-state index contributed by atoms with van der Waals surface area (Å²) < 4.78 is 11.5. The van der Waals surface area contributed by atoms with Gasteiger partial charge in [0.2, 0.25) is 0 Å². The largest absolute Gasteiger partial charge is 0.396 e. The first kappa shape index (κ1) is 9.13. The van der Waals surface area contributed by atoms with Crippen LogP contribution in [0.5, 0.6) is 0 Å². The lowest BCUT2D eigenvalue weighted by Crippen LogP contribution is -2.37. The van der Waals surface area contributed by atoms with Gasteiger partial charge in [0.05, 0.1) is 13.2 Å². The number of rotatable bonds is 1. The van der Waals surface area contributed by atoms with E-state index < -0.39 is 0 Å². The Morgan fingerprint density at radius 3 is 2.64 bits per heavy atom. The van der Waals surface area contributed by atoms with Gasteiger partial charge in [0, 0.05) is 19.4 Å². The third-order valence-corrected chi connectivity index (χ3v) is 4.16. The molecule has 3 heteroatoms. The molecule has 1 aliphatic heterocycles. The molecule has 3 atom stereocenters. The van der Waals surface area contributed by atoms with Crippen LogP contribution in [0.25, 0.3) is 0 Å². The van der Waals surface area contributed by atoms with E-state index in [2.05, 4.69) is 0 Å². The highest BCUT2D eigenvalue weighted by Gasteiger charge is 2.50. The van der Waals surface area contributed by atoms with Crippen LogP contribution in [0.3, 0.4) is 0 Å². The molecule has 0 radical (unpaired) electrons. The van der Waals surface area contributed by atoms with Crippen molar-refractivity contribution in [2.45, 2.75) is 31.5 Å². The minimum absolute atomic E-state index is 0.252. The minimum Gasteiger partial charge on any atom is -0.396 e. The van der Waals surface area contributed by atoms with Crippen molar-refractivity contribution in [1.29, 1.82) is 0 Å². The average Bonchev–Trinajstić information content (AvgIpc) is 2.72. The molecular weight excluding hydrogens is 180 g/mol. The molecule has 3 fully saturated rings. The van der Waals surface area contributed by atoms with E-state index in [0.717, 1.165) is 32.0 Å². The summed E-state index contributed by atoms with van der Waals surface area (Å²) in [4.78, 5) is 0. The fourth-order valence-electron chi connectivity index (χ4n) is 3.63. The summed E-state index contributed by atoms with van der Waals surface area (Å²) in [6.07, 6.45) is 4.52. The average molecular weight is 198 g/mol. The van der Waals surface area contributed by atoms with Crippen LogP contribution in [0.1, 0.15) is 25.7 Å². The fourth-order valence-corrected chi connectivity index (χ4v) is 3.63. The molecule has 2 saturated carbocycles. The number of hydrogen-bond acceptors (Lipinski definition) is 3. The molecule has 0 aromatic rings. The number of hydrogen-bond donors (Lipinski definition) is 1. The fraction of sp³-hybridized carbons (Fsp3) is 1.00. The lowest BCUT2D eigenvalue weighted by atomic mass is 9.83. The molecule has 0 amide bonds. The van der Waals surface area contributed by atoms with E-state index in [1.165, 1.54) is 12.8 Å². The predicted molar refractivity (Wildman–Crippen MR) is 50.7 cm³/mol. The van der Waals surface area contributed by atoms with E-state index in [-0.39, 0.29) is 5.79 Å². The highest BCUT2D eigenvalue weighted by atomic mass is 16.7. The lowest BCUT2D eigenvalue weighted by Gasteiger charge is -2.36. The van der Waals surface area contributed by atoms with Gasteiger partial charge in [-0.25, -0.2) is 0 Å². The Morgan fingerprint density at radius 2 is 1.93 bits per heavy atom. The van der Waals surface area contributed by atoms with Gasteiger partial charge >= 0.3 is 0 Å². The zero-order valence-corrected chi connectivity index (χ0v) is 8.45. The molecule has 1 spiro atoms. The molecule has 1 N–H and O–H groups in total. The monoisotopic (exact) mass is 198 g/mol. The summed E-state index contributed by atoms with van der Waals surface area (Å²) in [5, 5.41) is 9.26. The number of ether oxygens (including phenoxy) is 2. The van der Waals surface area contributed by atoms with Gasteiger partial charge < -0.3 is 14.6 Å². The summed E-state index contributed by atoms with van der Waals surface area (Å²) in [6.45, 7) is 1.85. The quantitative estimate of drug-likeness (QED) is 0.687. The third-order valence-electron chi connectivity index (χ3n) is 4.16. The molecule has 3 aliphatic rings. The van der Waals surface area contributed by atoms with Crippen LogP contribution in [-0.2, 0) is 9.47 Å². The van der Waals surface area contributed by atoms with Gasteiger partial charge in [-0.2, -0.15) is 0 Å². The van der Waals surface area contributed by atoms with Crippen LogP contribution in [0.4, 0.5) is 0 Å². The molecule has 1 heterocycles. The van der Waals surface area contributed by atoms with Crippen molar-refractivity contribution in [3.63, 3.8) is 0 Å². The first-order chi connectivity index (χ1) is 6.81. The standard InChI is InChI=1S/C11H18O3/c12-7-10-4-8-3-9(10)6-11(5-8)13-1-2-14-11/h8-10,12H,1-7H2. The molecule has 0 aromatic heterocycles. The molecule has 3 unspecified atom stereocenters. The maximum atomic E-state index is 9.26. The predicted octanol–water partition coefficient (Wildman–Crippen LogP) is 1.16. The van der Waals surface area contributed by atoms with Gasteiger partial charge in [-0.15, -0.1) is 0 Å². The minimum atomic E-state index is -0.252. The SMILES string of the molecule is OCC1CC2CC1CC1(C2)OCCO1. The maximum Gasteiger partial charge on any atom is 0.169 e. The molecule has 1 saturated heterocycles. The van der Waals surface area contributed by atoms with Crippen molar-refractivity contribution in [3.8, 4) is 0 Å². The van der Waals surface area contributed by atoms with Crippen molar-refractivity contribution in [2.75, 3.05) is 19.8 Å². The van der Waals surface area contributed by atoms with E-state index in [1.54, 1.807) is 0 Å². The van der Waals surface area contributed by atoms with Crippen molar-refractivity contribution < 1.29 is 14.6 Å². The zero-order valence-electron chi connectivity index (χ0n) is 8.45. The number of aliphatic hydroxyl groups excluding tert-OH is 1. The van der Waals surface area contributed by atoms with Crippen LogP contribution in [0.15, 0.2) is 0 Å². The van der Waals surface area contributed by atoms with Crippen LogP contribution >= 0.6 is 0 Å². The molecule has 2 aliphatic carbocycles. The summed E-state index contributed by atoms with van der Waals surface area (Å²) >= 11 is 0. The number of fused-ring (bicyclic) bond motifs is 2. The zero-order chi connectivity index (χ0) is 9.60. The Labute approximate surface area is 84.4 Å². The molecular formula is C11H18O3. The first-order valence-electron chi connectivity index (χ1n) is 5.70. The maximum absolute atomic E-state index is 9.26. The van der Waals surface area contributed by atoms with Gasteiger partial charge in [0.15, 0.2) is 5.79 Å². The van der Waals surface area contributed by atoms with Crippen molar-refractivity contribution in [1.82, 2.24) is 0 Å². The molecule has 2 bridgehead atoms. The molecule has 3 rings (SSSR count). The highest BCUT2D eigenvalue weighted by Crippen LogP contribution is 2.52. The normalized spacial score (nSPS) is 44.8. The summed E-state index contributed by atoms with van der Waals surface area (Å²) in [5.74, 6) is 1.62. The second-order valence-corrected chi connectivity index (χ2v) is 5.06. The van der Waals surface area contributed by atoms with E-state index >= 15 is 0 Å². The van der Waals surface area contributed by atoms with Crippen molar-refractivity contribution in [2.24, 2.45) is 17.8 Å². The summed E-state index contributed by atoms with van der Waals surface area (Å²) in [6, 6.07) is 0. The van der Waals surface area contributed by atoms with Crippen LogP contribution in [-0.4, -0.2) is 30.7 Å². The van der Waals surface area contributed by atoms with E-state index in [9.17, 15) is 5.11 Å². The van der Waals surface area contributed by atoms with Crippen LogP contribution < -0.4 is 0 Å². The summed E-state index contributed by atoms with van der Waals surface area (Å²) in [5.41, 5.74) is 0. The Hall–Kier alpha value is -0.120. The second-order valence-electron chi connectivity index (χ2n) is 5.06. The van der Waals surface area contributed by atoms with Gasteiger partial charge in [0.25, 0.3) is 0 Å². The van der Waals surface area contributed by atoms with Crippen molar-refractivity contribution in [3.05, 3.63) is 0 Å². The molecule has 0 aromatic carbocycles. The van der Waals surface area contributed by atoms with E-state index in [0.29, 0.717) is 18.4 Å². The Bertz CT molecular complexity index is 223. The number of aliphatic hydroxyl groups is 1. The van der Waals surface area contributed by atoms with Gasteiger partial charge in [-0.05, 0) is 30.6 Å². The van der Waals surface area contributed by atoms with Crippen LogP contribution in [0.2, 0.25) is 0 Å². The van der Waals surface area contributed by atoms with Crippen LogP contribution in [0, 0.1) is 17.8 Å². The third kappa shape index (κ3) is 1.30. The van der Waals surface area contributed by atoms with Crippen molar-refractivity contribution >= 4 is 0 Å². The Balaban J connectivity index is 1.77. The molecule has 80 valence electrons. The first-order valence-corrected chi connectivity index (χ1v) is 5.70. The van der Waals surface area contributed by atoms with Gasteiger partial charge in [0.1, 0.15) is 0 Å². The van der Waals surface area contributed by atoms with Gasteiger partial charge in [-0.1, -0.05) is 0 Å². The lowest BCUT2D eigenvalue weighted by molar-refractivity contribution is -0.191. The van der Waals surface area contributed by atoms with E-state index in [1.807, 2.05) is 0 Å².